The molecule has 5 rings (SSSR count). The first-order valence-electron chi connectivity index (χ1n) is 7.56. The van der Waals surface area contributed by atoms with E-state index in [4.69, 9.17) is 4.42 Å². The Morgan fingerprint density at radius 1 is 1.20 bits per heavy atom. The van der Waals surface area contributed by atoms with Crippen molar-refractivity contribution in [1.29, 1.82) is 0 Å². The molecule has 20 heavy (non-hydrogen) atoms. The summed E-state index contributed by atoms with van der Waals surface area (Å²) in [5.41, 5.74) is -0.372. The molecule has 4 heteroatoms. The van der Waals surface area contributed by atoms with Gasteiger partial charge in [-0.1, -0.05) is 0 Å². The maximum absolute atomic E-state index is 12.0. The fourth-order valence-electron chi connectivity index (χ4n) is 5.05. The monoisotopic (exact) mass is 292 g/mol. The Labute approximate surface area is 122 Å². The highest BCUT2D eigenvalue weighted by molar-refractivity contribution is 8.00. The lowest BCUT2D eigenvalue weighted by molar-refractivity contribution is 0.0382. The van der Waals surface area contributed by atoms with E-state index in [2.05, 4.69) is 0 Å². The fourth-order valence-corrected chi connectivity index (χ4v) is 6.73. The van der Waals surface area contributed by atoms with E-state index < -0.39 is 0 Å². The fraction of sp³-hybridized carbons (Fsp3) is 0.688. The molecule has 0 spiro atoms. The van der Waals surface area contributed by atoms with E-state index in [0.717, 1.165) is 17.8 Å². The van der Waals surface area contributed by atoms with Crippen molar-refractivity contribution in [2.75, 3.05) is 0 Å². The molecule has 0 aliphatic heterocycles. The first-order chi connectivity index (χ1) is 9.53. The molecule has 1 aromatic heterocycles. The summed E-state index contributed by atoms with van der Waals surface area (Å²) in [6, 6.07) is 1.56. The highest BCUT2D eigenvalue weighted by Crippen LogP contribution is 2.62. The van der Waals surface area contributed by atoms with Gasteiger partial charge in [0.1, 0.15) is 16.4 Å². The molecule has 4 aliphatic carbocycles. The van der Waals surface area contributed by atoms with Crippen molar-refractivity contribution in [3.05, 3.63) is 22.2 Å². The average Bonchev–Trinajstić information content (AvgIpc) is 2.32. The molecule has 1 aromatic rings. The van der Waals surface area contributed by atoms with Crippen LogP contribution >= 0.6 is 11.8 Å². The number of hydrogen-bond donors (Lipinski definition) is 1. The van der Waals surface area contributed by atoms with Crippen LogP contribution in [-0.2, 0) is 0 Å². The van der Waals surface area contributed by atoms with Crippen molar-refractivity contribution in [1.82, 2.24) is 0 Å². The zero-order valence-corrected chi connectivity index (χ0v) is 12.5. The molecule has 0 atom stereocenters. The highest BCUT2D eigenvalue weighted by Gasteiger charge is 2.51. The Hall–Kier alpha value is -0.900. The van der Waals surface area contributed by atoms with Gasteiger partial charge in [0, 0.05) is 10.8 Å². The minimum Gasteiger partial charge on any atom is -0.506 e. The number of aryl methyl sites for hydroxylation is 1. The molecule has 0 radical (unpaired) electrons. The SMILES string of the molecule is Cc1cc(O)c(SC23CC4CC(CC(C4)C2)C3)c(=O)o1. The van der Waals surface area contributed by atoms with Crippen LogP contribution in [0.2, 0.25) is 0 Å². The van der Waals surface area contributed by atoms with Gasteiger partial charge in [-0.2, -0.15) is 0 Å². The summed E-state index contributed by atoms with van der Waals surface area (Å²) in [6.07, 6.45) is 7.76. The van der Waals surface area contributed by atoms with Gasteiger partial charge in [0.05, 0.1) is 0 Å². The summed E-state index contributed by atoms with van der Waals surface area (Å²) in [5.74, 6) is 3.09. The normalized spacial score (nSPS) is 38.4. The van der Waals surface area contributed by atoms with Crippen LogP contribution in [0.5, 0.6) is 5.75 Å². The summed E-state index contributed by atoms with van der Waals surface area (Å²) in [6.45, 7) is 1.69. The molecule has 3 nitrogen and oxygen atoms in total. The van der Waals surface area contributed by atoms with Crippen molar-refractivity contribution in [3.63, 3.8) is 0 Å². The maximum Gasteiger partial charge on any atom is 0.353 e. The molecule has 1 N–H and O–H groups in total. The summed E-state index contributed by atoms with van der Waals surface area (Å²) >= 11 is 1.61. The molecule has 4 aliphatic rings. The predicted octanol–water partition coefficient (Wildman–Crippen LogP) is 3.71. The minimum atomic E-state index is -0.372. The third kappa shape index (κ3) is 2.00. The van der Waals surface area contributed by atoms with Crippen LogP contribution in [0.15, 0.2) is 20.2 Å². The molecule has 0 unspecified atom stereocenters. The van der Waals surface area contributed by atoms with Crippen LogP contribution in [0.4, 0.5) is 0 Å². The number of aromatic hydroxyl groups is 1. The third-order valence-corrected chi connectivity index (χ3v) is 6.83. The molecule has 4 saturated carbocycles. The standard InChI is InChI=1S/C16H20O3S/c1-9-2-13(17)14(15(18)19-9)20-16-6-10-3-11(7-16)5-12(4-10)8-16/h2,10-12,17H,3-8H2,1H3. The Kier molecular flexibility index (Phi) is 2.75. The smallest absolute Gasteiger partial charge is 0.353 e. The Morgan fingerprint density at radius 3 is 2.25 bits per heavy atom. The third-order valence-electron chi connectivity index (χ3n) is 5.31. The van der Waals surface area contributed by atoms with Gasteiger partial charge in [-0.3, -0.25) is 0 Å². The van der Waals surface area contributed by atoms with Crippen LogP contribution < -0.4 is 5.63 Å². The van der Waals surface area contributed by atoms with Gasteiger partial charge in [-0.15, -0.1) is 11.8 Å². The Morgan fingerprint density at radius 2 is 1.75 bits per heavy atom. The van der Waals surface area contributed by atoms with Gasteiger partial charge in [0.15, 0.2) is 0 Å². The Balaban J connectivity index is 1.68. The minimum absolute atomic E-state index is 0.0968. The Bertz CT molecular complexity index is 569. The van der Waals surface area contributed by atoms with Crippen molar-refractivity contribution < 1.29 is 9.52 Å². The molecule has 108 valence electrons. The molecular weight excluding hydrogens is 272 g/mol. The van der Waals surface area contributed by atoms with Gasteiger partial charge in [0.2, 0.25) is 0 Å². The molecule has 4 fully saturated rings. The second-order valence-corrected chi connectivity index (χ2v) is 8.54. The van der Waals surface area contributed by atoms with Crippen LogP contribution in [0.25, 0.3) is 0 Å². The van der Waals surface area contributed by atoms with Crippen molar-refractivity contribution >= 4 is 11.8 Å². The van der Waals surface area contributed by atoms with Gasteiger partial charge < -0.3 is 9.52 Å². The highest BCUT2D eigenvalue weighted by atomic mass is 32.2. The van der Waals surface area contributed by atoms with E-state index in [1.165, 1.54) is 38.5 Å². The van der Waals surface area contributed by atoms with E-state index in [1.807, 2.05) is 0 Å². The lowest BCUT2D eigenvalue weighted by atomic mass is 9.56. The van der Waals surface area contributed by atoms with Gasteiger partial charge in [-0.05, 0) is 63.2 Å². The van der Waals surface area contributed by atoms with Crippen molar-refractivity contribution in [3.8, 4) is 5.75 Å². The average molecular weight is 292 g/mol. The molecule has 0 saturated heterocycles. The van der Waals surface area contributed by atoms with E-state index in [0.29, 0.717) is 10.7 Å². The summed E-state index contributed by atoms with van der Waals surface area (Å²) in [7, 11) is 0. The van der Waals surface area contributed by atoms with Gasteiger partial charge >= 0.3 is 5.63 Å². The van der Waals surface area contributed by atoms with Crippen LogP contribution in [-0.4, -0.2) is 9.85 Å². The zero-order chi connectivity index (χ0) is 13.9. The first-order valence-corrected chi connectivity index (χ1v) is 8.37. The second-order valence-electron chi connectivity index (χ2n) is 7.06. The molecular formula is C16H20O3S. The maximum atomic E-state index is 12.0. The molecule has 0 aromatic carbocycles. The molecule has 4 bridgehead atoms. The van der Waals surface area contributed by atoms with Crippen LogP contribution in [0.3, 0.4) is 0 Å². The van der Waals surface area contributed by atoms with Crippen LogP contribution in [0.1, 0.15) is 44.3 Å². The van der Waals surface area contributed by atoms with E-state index in [9.17, 15) is 9.90 Å². The van der Waals surface area contributed by atoms with Crippen LogP contribution in [0, 0.1) is 24.7 Å². The largest absolute Gasteiger partial charge is 0.506 e. The quantitative estimate of drug-likeness (QED) is 0.902. The topological polar surface area (TPSA) is 50.4 Å². The van der Waals surface area contributed by atoms with E-state index in [1.54, 1.807) is 24.8 Å². The summed E-state index contributed by atoms with van der Waals surface area (Å²) in [4.78, 5) is 12.5. The van der Waals surface area contributed by atoms with E-state index >= 15 is 0 Å². The summed E-state index contributed by atoms with van der Waals surface area (Å²) in [5, 5.41) is 10.1. The van der Waals surface area contributed by atoms with Gasteiger partial charge in [-0.25, -0.2) is 4.79 Å². The first kappa shape index (κ1) is 12.8. The lowest BCUT2D eigenvalue weighted by Gasteiger charge is -2.56. The summed E-state index contributed by atoms with van der Waals surface area (Å²) < 4.78 is 5.34. The van der Waals surface area contributed by atoms with Crippen molar-refractivity contribution in [2.45, 2.75) is 55.1 Å². The number of rotatable bonds is 2. The molecule has 0 amide bonds. The van der Waals surface area contributed by atoms with E-state index in [-0.39, 0.29) is 16.1 Å². The lowest BCUT2D eigenvalue weighted by Crippen LogP contribution is -2.48. The molecule has 1 heterocycles. The second kappa shape index (κ2) is 4.30. The zero-order valence-electron chi connectivity index (χ0n) is 11.7. The number of thioether (sulfide) groups is 1. The van der Waals surface area contributed by atoms with Gasteiger partial charge in [0.25, 0.3) is 0 Å². The van der Waals surface area contributed by atoms with Crippen molar-refractivity contribution in [2.24, 2.45) is 17.8 Å². The number of hydrogen-bond acceptors (Lipinski definition) is 4. The predicted molar refractivity (Wildman–Crippen MR) is 78.1 cm³/mol.